The van der Waals surface area contributed by atoms with Crippen molar-refractivity contribution < 1.29 is 48.1 Å². The third-order valence-electron chi connectivity index (χ3n) is 9.57. The first-order valence-corrected chi connectivity index (χ1v) is 21.9. The fraction of sp³-hybridized carbons (Fsp3) is 0.318. The van der Waals surface area contributed by atoms with Crippen LogP contribution in [0.1, 0.15) is 95.2 Å². The van der Waals surface area contributed by atoms with Crippen molar-refractivity contribution in [2.45, 2.75) is 94.9 Å². The first-order valence-electron chi connectivity index (χ1n) is 16.8. The average Bonchev–Trinajstić information content (AvgIpc) is 3.49. The fourth-order valence-electron chi connectivity index (χ4n) is 6.30. The van der Waals surface area contributed by atoms with Crippen LogP contribution >= 0.6 is 0 Å². The van der Waals surface area contributed by atoms with Gasteiger partial charge in [0.2, 0.25) is 0 Å². The molecular weight excluding hydrogens is 719 g/mol. The molecule has 0 spiro atoms. The third-order valence-corrected chi connectivity index (χ3v) is 15.6. The van der Waals surface area contributed by atoms with E-state index >= 15 is 0 Å². The minimum absolute atomic E-state index is 0. The number of rotatable bonds is 4. The molecule has 0 saturated heterocycles. The maximum atomic E-state index is 2.33. The first kappa shape index (κ1) is 41.9. The molecule has 0 unspecified atom stereocenters. The normalized spacial score (nSPS) is 10.7. The third kappa shape index (κ3) is 9.51. The van der Waals surface area contributed by atoms with Gasteiger partial charge in [0, 0.05) is 0 Å². The number of halogens is 2. The largest absolute Gasteiger partial charge is 1.00 e. The van der Waals surface area contributed by atoms with E-state index in [9.17, 15) is 0 Å². The maximum Gasteiger partial charge on any atom is -1.00 e. The Balaban J connectivity index is 0.000000245. The molecule has 6 rings (SSSR count). The van der Waals surface area contributed by atoms with Gasteiger partial charge in [0.25, 0.3) is 0 Å². The zero-order valence-electron chi connectivity index (χ0n) is 31.0. The molecule has 0 fully saturated rings. The molecule has 0 radical (unpaired) electrons. The molecule has 4 heteroatoms. The molecule has 0 N–H and O–H groups in total. The van der Waals surface area contributed by atoms with Crippen molar-refractivity contribution in [1.82, 2.24) is 0 Å². The zero-order chi connectivity index (χ0) is 33.9. The van der Waals surface area contributed by atoms with E-state index in [1.165, 1.54) is 87.6 Å². The molecule has 6 aromatic carbocycles. The summed E-state index contributed by atoms with van der Waals surface area (Å²) >= 11 is 1.65. The van der Waals surface area contributed by atoms with Gasteiger partial charge in [-0.15, -0.1) is 68.1 Å². The van der Waals surface area contributed by atoms with Crippen molar-refractivity contribution in [3.05, 3.63) is 141 Å². The van der Waals surface area contributed by atoms with E-state index in [0.29, 0.717) is 11.8 Å². The van der Waals surface area contributed by atoms with Crippen LogP contribution in [0, 0.1) is 55.4 Å². The van der Waals surface area contributed by atoms with E-state index in [1.807, 2.05) is 0 Å². The molecule has 0 bridgehead atoms. The Bertz CT molecular complexity index is 1830. The summed E-state index contributed by atoms with van der Waals surface area (Å²) in [6, 6.07) is 31.8. The van der Waals surface area contributed by atoms with Crippen LogP contribution in [-0.2, 0) is 23.3 Å². The predicted octanol–water partition coefficient (Wildman–Crippen LogP) is 5.18. The molecule has 48 heavy (non-hydrogen) atoms. The van der Waals surface area contributed by atoms with E-state index in [-0.39, 0.29) is 24.8 Å². The van der Waals surface area contributed by atoms with Crippen LogP contribution in [0.4, 0.5) is 0 Å². The van der Waals surface area contributed by atoms with Crippen molar-refractivity contribution in [1.29, 1.82) is 0 Å². The van der Waals surface area contributed by atoms with Gasteiger partial charge in [0.1, 0.15) is 0 Å². The van der Waals surface area contributed by atoms with Gasteiger partial charge < -0.3 is 24.8 Å². The molecule has 6 aromatic rings. The van der Waals surface area contributed by atoms with Crippen molar-refractivity contribution in [2.75, 3.05) is 0 Å². The summed E-state index contributed by atoms with van der Waals surface area (Å²) in [6.07, 6.45) is 0. The van der Waals surface area contributed by atoms with Crippen molar-refractivity contribution >= 4 is 37.4 Å². The van der Waals surface area contributed by atoms with E-state index in [2.05, 4.69) is 168 Å². The van der Waals surface area contributed by atoms with Gasteiger partial charge in [0.15, 0.2) is 0 Å². The Morgan fingerprint density at radius 2 is 0.792 bits per heavy atom. The van der Waals surface area contributed by atoms with Crippen LogP contribution in [0.15, 0.2) is 84.9 Å². The average molecular weight is 771 g/mol. The molecule has 252 valence electrons. The summed E-state index contributed by atoms with van der Waals surface area (Å²) in [5.41, 5.74) is 13.7. The van der Waals surface area contributed by atoms with Crippen LogP contribution < -0.4 is 35.2 Å². The van der Waals surface area contributed by atoms with Gasteiger partial charge in [-0.3, -0.25) is 0 Å². The van der Waals surface area contributed by atoms with Crippen LogP contribution in [0.5, 0.6) is 0 Å². The van der Waals surface area contributed by atoms with Gasteiger partial charge in [-0.1, -0.05) is 92.5 Å². The summed E-state index contributed by atoms with van der Waals surface area (Å²) in [4.78, 5) is 0. The number of fused-ring (bicyclic) bond motifs is 2. The topological polar surface area (TPSA) is 0 Å². The van der Waals surface area contributed by atoms with Gasteiger partial charge in [-0.2, -0.15) is 11.1 Å². The van der Waals surface area contributed by atoms with Crippen molar-refractivity contribution in [2.24, 2.45) is 0 Å². The zero-order valence-corrected chi connectivity index (χ0v) is 36.0. The predicted molar refractivity (Wildman–Crippen MR) is 203 cm³/mol. The summed E-state index contributed by atoms with van der Waals surface area (Å²) in [6.45, 7) is 26.7. The van der Waals surface area contributed by atoms with Gasteiger partial charge >= 0.3 is 113 Å². The second-order valence-electron chi connectivity index (χ2n) is 13.8. The summed E-state index contributed by atoms with van der Waals surface area (Å²) in [5.74, 6) is 1.21. The number of hydrogen-bond donors (Lipinski definition) is 0. The van der Waals surface area contributed by atoms with Crippen LogP contribution in [0.3, 0.4) is 0 Å². The summed E-state index contributed by atoms with van der Waals surface area (Å²) < 4.78 is 0. The second kappa shape index (κ2) is 18.1. The minimum atomic E-state index is -0.488. The molecule has 0 aliphatic heterocycles. The Labute approximate surface area is 318 Å². The minimum Gasteiger partial charge on any atom is -1.00 e. The number of hydrogen-bond acceptors (Lipinski definition) is 0. The molecular formula is C44H52Cl2SiZr-2. The Hall–Kier alpha value is -2.22. The van der Waals surface area contributed by atoms with Gasteiger partial charge in [-0.25, -0.2) is 0 Å². The standard InChI is InChI=1S/2C15H19.C14H14Si.2ClH.Zr/c2*1-9(2)13-7-6-10(3)14-8-11(4)12(5)15(13)14;1-11-3-7-13(8-4-11)15-14-9-5-12(2)6-10-14;;;/h2*6-9H,1-5H3;3-10H,1-2H3;2*1H;/q2*-1;;;;+2/p-2. The maximum absolute atomic E-state index is 2.33. The summed E-state index contributed by atoms with van der Waals surface area (Å²) in [5, 5.41) is 8.91. The van der Waals surface area contributed by atoms with Gasteiger partial charge in [0.05, 0.1) is 0 Å². The van der Waals surface area contributed by atoms with E-state index in [4.69, 9.17) is 0 Å². The quantitative estimate of drug-likeness (QED) is 0.172. The van der Waals surface area contributed by atoms with Crippen LogP contribution in [-0.4, -0.2) is 5.43 Å². The molecule has 0 atom stereocenters. The van der Waals surface area contributed by atoms with E-state index in [1.54, 1.807) is 23.3 Å². The molecule has 0 aromatic heterocycles. The van der Waals surface area contributed by atoms with Crippen LogP contribution in [0.25, 0.3) is 21.5 Å². The van der Waals surface area contributed by atoms with Crippen molar-refractivity contribution in [3.8, 4) is 0 Å². The fourth-order valence-corrected chi connectivity index (χ4v) is 10.1. The smallest absolute Gasteiger partial charge is 1.00 e. The molecule has 0 saturated carbocycles. The van der Waals surface area contributed by atoms with E-state index in [0.717, 1.165) is 0 Å². The van der Waals surface area contributed by atoms with Gasteiger partial charge in [-0.05, 0) is 11.8 Å². The first-order chi connectivity index (χ1) is 21.7. The Kier molecular flexibility index (Phi) is 15.9. The number of benzene rings is 4. The molecule has 0 aliphatic rings. The van der Waals surface area contributed by atoms with Crippen LogP contribution in [0.2, 0.25) is 0 Å². The molecule has 0 heterocycles. The van der Waals surface area contributed by atoms with E-state index < -0.39 is 5.43 Å². The Morgan fingerprint density at radius 1 is 0.479 bits per heavy atom. The summed E-state index contributed by atoms with van der Waals surface area (Å²) in [7, 11) is 0. The molecule has 0 amide bonds. The number of aryl methyl sites for hydroxylation is 8. The monoisotopic (exact) mass is 768 g/mol. The SMILES string of the molecule is Cc1[cH-]c2c(C)ccc(C(C)C)c2c1C.Cc1[cH-]c2c(C)ccc(C(C)C)c2c1C.Cc1ccc([Si](=[Zr+2])c2ccc(C)cc2)cc1.[Cl-].[Cl-]. The second-order valence-corrected chi connectivity index (χ2v) is 19.4. The van der Waals surface area contributed by atoms with Crippen molar-refractivity contribution in [3.63, 3.8) is 0 Å². The molecule has 0 nitrogen and oxygen atoms in total. The molecule has 0 aliphatic carbocycles. The Morgan fingerprint density at radius 3 is 1.08 bits per heavy atom.